The van der Waals surface area contributed by atoms with Crippen molar-refractivity contribution in [3.63, 3.8) is 0 Å². The lowest BCUT2D eigenvalue weighted by molar-refractivity contribution is 0.0910. The molecular weight excluding hydrogens is 1770 g/mol. The molecule has 0 radical (unpaired) electrons. The van der Waals surface area contributed by atoms with E-state index in [0.29, 0.717) is 134 Å². The van der Waals surface area contributed by atoms with Crippen molar-refractivity contribution >= 4 is 87.5 Å². The van der Waals surface area contributed by atoms with E-state index in [9.17, 15) is 78.6 Å². The third-order valence-corrected chi connectivity index (χ3v) is 20.6. The first-order valence-electron chi connectivity index (χ1n) is 43.9. The van der Waals surface area contributed by atoms with Gasteiger partial charge in [-0.25, -0.2) is 24.5 Å². The van der Waals surface area contributed by atoms with Crippen molar-refractivity contribution in [2.45, 2.75) is 117 Å². The Morgan fingerprint density at radius 3 is 0.553 bits per heavy atom. The molecule has 21 nitrogen and oxygen atoms in total. The molecule has 0 unspecified atom stereocenters. The lowest BCUT2D eigenvalue weighted by atomic mass is 10.0. The normalized spacial score (nSPS) is 12.9. The highest BCUT2D eigenvalue weighted by atomic mass is 16.3. The van der Waals surface area contributed by atoms with E-state index in [2.05, 4.69) is 107 Å². The lowest BCUT2D eigenvalue weighted by Crippen LogP contribution is -2.29. The van der Waals surface area contributed by atoms with Crippen LogP contribution in [0.3, 0.4) is 0 Å². The molecule has 17 rings (SSSR count). The first kappa shape index (κ1) is 100. The molecule has 5 heterocycles. The first-order chi connectivity index (χ1) is 66.7. The second kappa shape index (κ2) is 41.5. The zero-order chi connectivity index (χ0) is 102. The first-order valence-corrected chi connectivity index (χ1v) is 43.9. The van der Waals surface area contributed by atoms with Crippen molar-refractivity contribution in [3.05, 3.63) is 395 Å². The quantitative estimate of drug-likeness (QED) is 0.0689. The fraction of sp³-hybridized carbons (Fsp3) is 0.150. The number of carbonyl (C=O) groups is 10. The van der Waals surface area contributed by atoms with Gasteiger partial charge in [-0.2, -0.15) is 0 Å². The maximum atomic E-state index is 13.0. The molecule has 10 amide bonds. The minimum absolute atomic E-state index is 0.269. The Kier molecular flexibility index (Phi) is 29.5. The second-order valence-corrected chi connectivity index (χ2v) is 35.7. The number of amides is 10. The van der Waals surface area contributed by atoms with Gasteiger partial charge in [0.25, 0.3) is 59.1 Å². The summed E-state index contributed by atoms with van der Waals surface area (Å²) in [6.45, 7) is 18.9. The standard InChI is InChI=1S/2C27H19NO3.C24H21NO4.2C21H15NO3/c1-27(2,31)16-15-20-9-6-10-22(17-20)28-25(29)23-14-13-21(18-24(23)26(28)30)12-11-19-7-4-3-5-8-19;1-27(2,31)16-15-21-13-14-23-24(18-21)26(30)28(25(23)29)22-10-6-9-20(17-22)12-11-19-7-4-3-5-8-19;1-23(2,28)12-10-16-6-5-7-18(14-16)25-21(26)19-9-8-17(11-13-24(3,4)29)15-20(19)22(25)27;1-4-14-8-9-17-18(13-14)20(24)22(19(17)23)16-7-5-6-15(12-16)10-11-21(2,3)25;1-4-14-6-5-7-16(12-14)22-19(23)17-9-8-15(10-11-21(2,3)25)13-18(17)20(22)24/h2*3-10,13-14,17-18,31H,1-2H3;5-9,14-15,28-29H,1-4H3;2*1,5-9,12-13,25H,2-3H3. The van der Waals surface area contributed by atoms with Gasteiger partial charge in [0.1, 0.15) is 33.6 Å². The number of carbonyl (C=O) groups excluding carboxylic acids is 10. The van der Waals surface area contributed by atoms with Crippen molar-refractivity contribution in [1.29, 1.82) is 0 Å². The Balaban J connectivity index is 0.000000149. The molecule has 0 spiro atoms. The van der Waals surface area contributed by atoms with Crippen LogP contribution in [0.2, 0.25) is 0 Å². The highest BCUT2D eigenvalue weighted by molar-refractivity contribution is 6.38. The van der Waals surface area contributed by atoms with Gasteiger partial charge < -0.3 is 30.6 Å². The number of rotatable bonds is 5. The maximum absolute atomic E-state index is 13.0. The van der Waals surface area contributed by atoms with Gasteiger partial charge in [0.05, 0.1) is 84.1 Å². The minimum Gasteiger partial charge on any atom is -0.378 e. The summed E-state index contributed by atoms with van der Waals surface area (Å²) in [4.78, 5) is 134. The smallest absolute Gasteiger partial charge is 0.266 e. The summed E-state index contributed by atoms with van der Waals surface area (Å²) < 4.78 is 0. The van der Waals surface area contributed by atoms with Gasteiger partial charge in [0, 0.05) is 66.8 Å². The second-order valence-electron chi connectivity index (χ2n) is 35.7. The summed E-state index contributed by atoms with van der Waals surface area (Å²) in [5.41, 5.74) is 6.14. The Labute approximate surface area is 817 Å². The van der Waals surface area contributed by atoms with E-state index < -0.39 is 80.9 Å². The number of terminal acetylenes is 2. The van der Waals surface area contributed by atoms with E-state index >= 15 is 0 Å². The number of aliphatic hydroxyl groups is 6. The zero-order valence-corrected chi connectivity index (χ0v) is 78.6. The highest BCUT2D eigenvalue weighted by Gasteiger charge is 2.42. The van der Waals surface area contributed by atoms with Crippen molar-refractivity contribution < 1.29 is 78.6 Å². The Morgan fingerprint density at radius 1 is 0.177 bits per heavy atom. The summed E-state index contributed by atoms with van der Waals surface area (Å²) >= 11 is 0. The van der Waals surface area contributed by atoms with Crippen LogP contribution in [0.1, 0.15) is 253 Å². The summed E-state index contributed by atoms with van der Waals surface area (Å²) in [6.07, 6.45) is 10.7. The summed E-state index contributed by atoms with van der Waals surface area (Å²) in [5.74, 6) is 46.5. The molecular formula is C120H89N5O16. The van der Waals surface area contributed by atoms with Gasteiger partial charge in [-0.1, -0.05) is 173 Å². The molecule has 5 aliphatic heterocycles. The number of anilines is 5. The largest absolute Gasteiger partial charge is 0.378 e. The van der Waals surface area contributed by atoms with Gasteiger partial charge in [0.15, 0.2) is 0 Å². The Morgan fingerprint density at radius 2 is 0.333 bits per heavy atom. The van der Waals surface area contributed by atoms with Crippen LogP contribution in [0.25, 0.3) is 0 Å². The Hall–Kier alpha value is -18.3. The van der Waals surface area contributed by atoms with Gasteiger partial charge in [0.2, 0.25) is 0 Å². The monoisotopic (exact) mass is 1860 g/mol. The Bertz CT molecular complexity index is 7890. The van der Waals surface area contributed by atoms with E-state index in [0.717, 1.165) is 35.6 Å². The predicted molar refractivity (Wildman–Crippen MR) is 540 cm³/mol. The van der Waals surface area contributed by atoms with Crippen LogP contribution in [0.4, 0.5) is 28.4 Å². The molecule has 5 aliphatic rings. The average Bonchev–Trinajstić information content (AvgIpc) is 1.64. The third kappa shape index (κ3) is 25.3. The topological polar surface area (TPSA) is 308 Å². The van der Waals surface area contributed by atoms with Crippen molar-refractivity contribution in [1.82, 2.24) is 0 Å². The summed E-state index contributed by atoms with van der Waals surface area (Å²) in [5, 5.41) is 58.5. The molecule has 0 fully saturated rings. The molecule has 6 N–H and O–H groups in total. The minimum atomic E-state index is -1.16. The van der Waals surface area contributed by atoms with Gasteiger partial charge in [-0.05, 0) is 289 Å². The van der Waals surface area contributed by atoms with Crippen LogP contribution < -0.4 is 24.5 Å². The number of fused-ring (bicyclic) bond motifs is 5. The zero-order valence-electron chi connectivity index (χ0n) is 78.6. The van der Waals surface area contributed by atoms with Crippen LogP contribution in [0.5, 0.6) is 0 Å². The summed E-state index contributed by atoms with van der Waals surface area (Å²) in [6, 6.07) is 77.5. The number of imide groups is 5. The van der Waals surface area contributed by atoms with E-state index in [-0.39, 0.29) is 17.4 Å². The highest BCUT2D eigenvalue weighted by Crippen LogP contribution is 2.37. The molecule has 690 valence electrons. The molecule has 21 heteroatoms. The van der Waals surface area contributed by atoms with E-state index in [1.54, 1.807) is 289 Å². The molecule has 0 atom stereocenters. The third-order valence-electron chi connectivity index (χ3n) is 20.6. The lowest BCUT2D eigenvalue weighted by Gasteiger charge is -2.14. The summed E-state index contributed by atoms with van der Waals surface area (Å²) in [7, 11) is 0. The molecule has 0 bridgehead atoms. The number of benzene rings is 12. The average molecular weight is 1860 g/mol. The van der Waals surface area contributed by atoms with Crippen LogP contribution >= 0.6 is 0 Å². The van der Waals surface area contributed by atoms with Crippen LogP contribution in [0, 0.1) is 119 Å². The predicted octanol–water partition coefficient (Wildman–Crippen LogP) is 15.9. The SMILES string of the molecule is C#Cc1ccc2c(c1)C(=O)N(c1cccc(C#CC(C)(C)O)c1)C2=O.C#Cc1cccc(N2C(=O)c3ccc(C#CC(C)(C)O)cc3C2=O)c1.CC(C)(O)C#Cc1ccc2c(c1)C(=O)N(c1cccc(C#Cc3ccccc3)c1)C2=O.CC(C)(O)C#Cc1cccc(N2C(=O)c3ccc(C#CC(C)(C)O)cc3C2=O)c1.CC(C)(O)C#Cc1cccc(N2C(=O)c3ccc(C#Cc4ccccc4)cc3C2=O)c1. The fourth-order valence-electron chi connectivity index (χ4n) is 14.1. The molecule has 0 aliphatic carbocycles. The van der Waals surface area contributed by atoms with Gasteiger partial charge in [-0.3, -0.25) is 47.9 Å². The van der Waals surface area contributed by atoms with Crippen LogP contribution in [-0.4, -0.2) is 123 Å². The van der Waals surface area contributed by atoms with Crippen LogP contribution in [-0.2, 0) is 0 Å². The van der Waals surface area contributed by atoms with Crippen LogP contribution in [0.15, 0.2) is 273 Å². The van der Waals surface area contributed by atoms with Crippen molar-refractivity contribution in [2.75, 3.05) is 24.5 Å². The van der Waals surface area contributed by atoms with Crippen molar-refractivity contribution in [2.24, 2.45) is 0 Å². The number of hydrogen-bond acceptors (Lipinski definition) is 16. The van der Waals surface area contributed by atoms with Gasteiger partial charge >= 0.3 is 0 Å². The molecule has 0 saturated heterocycles. The molecule has 12 aromatic rings. The molecule has 0 aromatic heterocycles. The molecule has 141 heavy (non-hydrogen) atoms. The molecule has 12 aromatic carbocycles. The van der Waals surface area contributed by atoms with E-state index in [4.69, 9.17) is 12.8 Å². The van der Waals surface area contributed by atoms with E-state index in [1.807, 2.05) is 66.7 Å². The van der Waals surface area contributed by atoms with Crippen molar-refractivity contribution in [3.8, 4) is 119 Å². The molecule has 0 saturated carbocycles. The number of hydrogen-bond donors (Lipinski definition) is 6. The number of nitrogens with zero attached hydrogens (tertiary/aromatic N) is 5. The van der Waals surface area contributed by atoms with E-state index in [1.165, 1.54) is 0 Å². The maximum Gasteiger partial charge on any atom is 0.266 e. The fourth-order valence-corrected chi connectivity index (χ4v) is 14.1. The van der Waals surface area contributed by atoms with Gasteiger partial charge in [-0.15, -0.1) is 12.8 Å².